The monoisotopic (exact) mass is 248 g/mol. The third-order valence-electron chi connectivity index (χ3n) is 2.50. The molecule has 0 amide bonds. The molecule has 1 aromatic carbocycles. The highest BCUT2D eigenvalue weighted by Crippen LogP contribution is 2.26. The number of pyridine rings is 1. The topological polar surface area (TPSA) is 56.0 Å². The zero-order valence-electron chi connectivity index (χ0n) is 9.31. The first kappa shape index (κ1) is 12.2. The van der Waals surface area contributed by atoms with Gasteiger partial charge in [0, 0.05) is 34.8 Å². The highest BCUT2D eigenvalue weighted by atomic mass is 19.3. The van der Waals surface area contributed by atoms with Gasteiger partial charge in [0.05, 0.1) is 0 Å². The molecule has 0 radical (unpaired) electrons. The molecule has 0 aliphatic heterocycles. The molecule has 0 fully saturated rings. The fourth-order valence-electron chi connectivity index (χ4n) is 1.63. The molecule has 0 aliphatic carbocycles. The van der Waals surface area contributed by atoms with Crippen molar-refractivity contribution in [2.75, 3.05) is 5.73 Å². The van der Waals surface area contributed by atoms with Gasteiger partial charge in [0.1, 0.15) is 0 Å². The lowest BCUT2D eigenvalue weighted by molar-refractivity contribution is 0.102. The van der Waals surface area contributed by atoms with Crippen molar-refractivity contribution in [2.45, 2.75) is 6.43 Å². The summed E-state index contributed by atoms with van der Waals surface area (Å²) in [4.78, 5) is 15.9. The number of nitrogen functional groups attached to an aromatic ring is 1. The Bertz CT molecular complexity index is 570. The molecular formula is C13H10F2N2O. The molecule has 0 spiro atoms. The van der Waals surface area contributed by atoms with Gasteiger partial charge in [0.15, 0.2) is 5.78 Å². The first-order chi connectivity index (χ1) is 8.59. The molecule has 0 saturated carbocycles. The first-order valence-corrected chi connectivity index (χ1v) is 5.22. The molecule has 3 nitrogen and oxygen atoms in total. The summed E-state index contributed by atoms with van der Waals surface area (Å²) in [5.74, 6) is -0.465. The number of nitrogens with zero attached hydrogens (tertiary/aromatic N) is 1. The lowest BCUT2D eigenvalue weighted by Gasteiger charge is -2.08. The molecule has 0 atom stereocenters. The minimum atomic E-state index is -2.74. The van der Waals surface area contributed by atoms with E-state index in [2.05, 4.69) is 4.98 Å². The van der Waals surface area contributed by atoms with Crippen LogP contribution in [-0.2, 0) is 0 Å². The van der Waals surface area contributed by atoms with E-state index in [-0.39, 0.29) is 16.8 Å². The Hall–Kier alpha value is -2.30. The zero-order valence-corrected chi connectivity index (χ0v) is 9.31. The fraction of sp³-hybridized carbons (Fsp3) is 0.0769. The highest BCUT2D eigenvalue weighted by Gasteiger charge is 2.19. The number of aromatic nitrogens is 1. The van der Waals surface area contributed by atoms with Crippen LogP contribution in [0, 0.1) is 0 Å². The molecule has 5 heteroatoms. The van der Waals surface area contributed by atoms with Gasteiger partial charge in [-0.25, -0.2) is 8.78 Å². The molecule has 2 aromatic rings. The summed E-state index contributed by atoms with van der Waals surface area (Å²) in [5, 5.41) is 0. The van der Waals surface area contributed by atoms with Gasteiger partial charge in [0.2, 0.25) is 0 Å². The summed E-state index contributed by atoms with van der Waals surface area (Å²) in [6.45, 7) is 0. The summed E-state index contributed by atoms with van der Waals surface area (Å²) in [6, 6.07) is 6.83. The Balaban J connectivity index is 2.48. The van der Waals surface area contributed by atoms with Gasteiger partial charge in [-0.1, -0.05) is 0 Å². The number of carbonyl (C=O) groups is 1. The maximum atomic E-state index is 12.9. The normalized spacial score (nSPS) is 10.6. The van der Waals surface area contributed by atoms with E-state index in [9.17, 15) is 13.6 Å². The maximum Gasteiger partial charge on any atom is 0.264 e. The molecule has 2 rings (SSSR count). The third kappa shape index (κ3) is 2.34. The standard InChI is InChI=1S/C13H10F2N2O/c14-13(15)11-7-9(16)1-2-10(11)12(18)8-3-5-17-6-4-8/h1-7,13H,16H2. The van der Waals surface area contributed by atoms with E-state index in [1.54, 1.807) is 0 Å². The molecule has 92 valence electrons. The SMILES string of the molecule is Nc1ccc(C(=O)c2ccncc2)c(C(F)F)c1. The molecule has 18 heavy (non-hydrogen) atoms. The van der Waals surface area contributed by atoms with Crippen LogP contribution in [0.5, 0.6) is 0 Å². The van der Waals surface area contributed by atoms with Crippen LogP contribution in [0.2, 0.25) is 0 Å². The van der Waals surface area contributed by atoms with E-state index in [4.69, 9.17) is 5.73 Å². The third-order valence-corrected chi connectivity index (χ3v) is 2.50. The number of nitrogens with two attached hydrogens (primary N) is 1. The molecule has 0 bridgehead atoms. The van der Waals surface area contributed by atoms with E-state index in [1.807, 2.05) is 0 Å². The van der Waals surface area contributed by atoms with E-state index >= 15 is 0 Å². The van der Waals surface area contributed by atoms with Gasteiger partial charge in [-0.2, -0.15) is 0 Å². The van der Waals surface area contributed by atoms with Crippen molar-refractivity contribution in [3.63, 3.8) is 0 Å². The van der Waals surface area contributed by atoms with Crippen molar-refractivity contribution in [1.29, 1.82) is 0 Å². The number of anilines is 1. The maximum absolute atomic E-state index is 12.9. The summed E-state index contributed by atoms with van der Waals surface area (Å²) < 4.78 is 25.7. The second-order valence-corrected chi connectivity index (χ2v) is 3.71. The van der Waals surface area contributed by atoms with Crippen LogP contribution in [-0.4, -0.2) is 10.8 Å². The second-order valence-electron chi connectivity index (χ2n) is 3.71. The van der Waals surface area contributed by atoms with E-state index in [0.29, 0.717) is 5.56 Å². The van der Waals surface area contributed by atoms with Gasteiger partial charge >= 0.3 is 0 Å². The Morgan fingerprint density at radius 1 is 1.17 bits per heavy atom. The molecule has 0 saturated heterocycles. The number of benzene rings is 1. The second kappa shape index (κ2) is 4.91. The van der Waals surface area contributed by atoms with E-state index in [1.165, 1.54) is 36.7 Å². The molecule has 1 heterocycles. The summed E-state index contributed by atoms with van der Waals surface area (Å²) in [5.41, 5.74) is 5.58. The first-order valence-electron chi connectivity index (χ1n) is 5.22. The van der Waals surface area contributed by atoms with Crippen molar-refractivity contribution in [1.82, 2.24) is 4.98 Å². The van der Waals surface area contributed by atoms with E-state index < -0.39 is 12.2 Å². The van der Waals surface area contributed by atoms with Crippen molar-refractivity contribution in [2.24, 2.45) is 0 Å². The van der Waals surface area contributed by atoms with Crippen molar-refractivity contribution in [3.05, 3.63) is 59.4 Å². The average Bonchev–Trinajstić information content (AvgIpc) is 2.39. The van der Waals surface area contributed by atoms with Crippen molar-refractivity contribution < 1.29 is 13.6 Å². The molecule has 0 aliphatic rings. The summed E-state index contributed by atoms with van der Waals surface area (Å²) in [6.07, 6.45) is 0.133. The lowest BCUT2D eigenvalue weighted by atomic mass is 9.98. The minimum Gasteiger partial charge on any atom is -0.399 e. The summed E-state index contributed by atoms with van der Waals surface area (Å²) >= 11 is 0. The van der Waals surface area contributed by atoms with Gasteiger partial charge in [-0.05, 0) is 30.3 Å². The van der Waals surface area contributed by atoms with Crippen molar-refractivity contribution in [3.8, 4) is 0 Å². The van der Waals surface area contributed by atoms with Gasteiger partial charge < -0.3 is 5.73 Å². The Kier molecular flexibility index (Phi) is 3.32. The van der Waals surface area contributed by atoms with Crippen LogP contribution in [0.25, 0.3) is 0 Å². The molecular weight excluding hydrogens is 238 g/mol. The van der Waals surface area contributed by atoms with Crippen molar-refractivity contribution >= 4 is 11.5 Å². The van der Waals surface area contributed by atoms with Gasteiger partial charge in [-0.15, -0.1) is 0 Å². The Morgan fingerprint density at radius 2 is 1.83 bits per heavy atom. The van der Waals surface area contributed by atoms with Gasteiger partial charge in [-0.3, -0.25) is 9.78 Å². The average molecular weight is 248 g/mol. The fourth-order valence-corrected chi connectivity index (χ4v) is 1.63. The minimum absolute atomic E-state index is 0.0367. The Morgan fingerprint density at radius 3 is 2.44 bits per heavy atom. The molecule has 0 unspecified atom stereocenters. The van der Waals surface area contributed by atoms with Crippen LogP contribution in [0.1, 0.15) is 27.9 Å². The largest absolute Gasteiger partial charge is 0.399 e. The van der Waals surface area contributed by atoms with Crippen LogP contribution in [0.15, 0.2) is 42.7 Å². The predicted octanol–water partition coefficient (Wildman–Crippen LogP) is 2.83. The number of alkyl halides is 2. The number of halogens is 2. The number of rotatable bonds is 3. The van der Waals surface area contributed by atoms with Gasteiger partial charge in [0.25, 0.3) is 6.43 Å². The quantitative estimate of drug-likeness (QED) is 0.671. The molecule has 1 aromatic heterocycles. The van der Waals surface area contributed by atoms with E-state index in [0.717, 1.165) is 6.07 Å². The zero-order chi connectivity index (χ0) is 13.1. The number of hydrogen-bond donors (Lipinski definition) is 1. The summed E-state index contributed by atoms with van der Waals surface area (Å²) in [7, 11) is 0. The van der Waals surface area contributed by atoms with Crippen LogP contribution >= 0.6 is 0 Å². The van der Waals surface area contributed by atoms with Crippen LogP contribution in [0.4, 0.5) is 14.5 Å². The van der Waals surface area contributed by atoms with Crippen LogP contribution < -0.4 is 5.73 Å². The smallest absolute Gasteiger partial charge is 0.264 e. The number of ketones is 1. The Labute approximate surface area is 102 Å². The highest BCUT2D eigenvalue weighted by molar-refractivity contribution is 6.10. The molecule has 2 N–H and O–H groups in total. The lowest BCUT2D eigenvalue weighted by Crippen LogP contribution is -2.06. The predicted molar refractivity (Wildman–Crippen MR) is 63.5 cm³/mol. The van der Waals surface area contributed by atoms with Crippen LogP contribution in [0.3, 0.4) is 0 Å². The number of hydrogen-bond acceptors (Lipinski definition) is 3. The number of carbonyl (C=O) groups excluding carboxylic acids is 1.